The van der Waals surface area contributed by atoms with Crippen LogP contribution in [0.2, 0.25) is 0 Å². The van der Waals surface area contributed by atoms with Crippen molar-refractivity contribution in [2.75, 3.05) is 0 Å². The summed E-state index contributed by atoms with van der Waals surface area (Å²) in [6, 6.07) is 7.48. The van der Waals surface area contributed by atoms with Gasteiger partial charge in [0.15, 0.2) is 5.82 Å². The first-order valence-corrected chi connectivity index (χ1v) is 8.81. The summed E-state index contributed by atoms with van der Waals surface area (Å²) in [5.74, 6) is -0.416. The largest absolute Gasteiger partial charge is 0.347 e. The van der Waals surface area contributed by atoms with Crippen molar-refractivity contribution in [2.24, 2.45) is 0 Å². The molecule has 28 heavy (non-hydrogen) atoms. The maximum Gasteiger partial charge on any atom is 0.262 e. The van der Waals surface area contributed by atoms with Crippen molar-refractivity contribution >= 4 is 23.5 Å². The molecule has 0 radical (unpaired) electrons. The number of rotatable bonds is 4. The Kier molecular flexibility index (Phi) is 4.14. The number of imide groups is 1. The second-order valence-electron chi connectivity index (χ2n) is 6.71. The van der Waals surface area contributed by atoms with Crippen LogP contribution in [0.3, 0.4) is 0 Å². The van der Waals surface area contributed by atoms with E-state index in [4.69, 9.17) is 0 Å². The molecule has 2 aromatic heterocycles. The molecule has 1 atom stereocenters. The monoisotopic (exact) mass is 378 g/mol. The Hall–Kier alpha value is -3.62. The van der Waals surface area contributed by atoms with E-state index in [0.29, 0.717) is 22.7 Å². The molecule has 0 aliphatic carbocycles. The van der Waals surface area contributed by atoms with Gasteiger partial charge in [-0.25, -0.2) is 4.98 Å². The van der Waals surface area contributed by atoms with Crippen LogP contribution in [0.1, 0.15) is 44.9 Å². The van der Waals surface area contributed by atoms with Crippen LogP contribution >= 0.6 is 0 Å². The minimum absolute atomic E-state index is 0.0963. The van der Waals surface area contributed by atoms with Gasteiger partial charge in [-0.15, -0.1) is 10.2 Å². The van der Waals surface area contributed by atoms with Crippen LogP contribution < -0.4 is 5.32 Å². The summed E-state index contributed by atoms with van der Waals surface area (Å²) >= 11 is 0. The van der Waals surface area contributed by atoms with Gasteiger partial charge in [-0.1, -0.05) is 12.1 Å². The lowest BCUT2D eigenvalue weighted by Crippen LogP contribution is -2.47. The smallest absolute Gasteiger partial charge is 0.262 e. The van der Waals surface area contributed by atoms with Gasteiger partial charge in [0.25, 0.3) is 17.6 Å². The van der Waals surface area contributed by atoms with Gasteiger partial charge in [0.1, 0.15) is 6.04 Å². The number of fused-ring (bicyclic) bond motifs is 2. The molecule has 3 amide bonds. The summed E-state index contributed by atoms with van der Waals surface area (Å²) in [7, 11) is 0. The maximum atomic E-state index is 12.6. The van der Waals surface area contributed by atoms with E-state index in [2.05, 4.69) is 20.5 Å². The van der Waals surface area contributed by atoms with Crippen LogP contribution in [0, 0.1) is 13.8 Å². The van der Waals surface area contributed by atoms with Gasteiger partial charge in [-0.3, -0.25) is 23.7 Å². The van der Waals surface area contributed by atoms with Gasteiger partial charge in [0.05, 0.1) is 17.7 Å². The van der Waals surface area contributed by atoms with Crippen molar-refractivity contribution in [3.05, 3.63) is 58.7 Å². The molecule has 1 unspecified atom stereocenters. The first-order chi connectivity index (χ1) is 13.4. The number of carbonyl (C=O) groups excluding carboxylic acids is 3. The van der Waals surface area contributed by atoms with Crippen molar-refractivity contribution < 1.29 is 14.4 Å². The van der Waals surface area contributed by atoms with Crippen LogP contribution in [-0.4, -0.2) is 48.2 Å². The molecule has 142 valence electrons. The zero-order valence-electron chi connectivity index (χ0n) is 15.6. The van der Waals surface area contributed by atoms with Crippen molar-refractivity contribution in [1.82, 2.24) is 29.8 Å². The van der Waals surface area contributed by atoms with E-state index in [0.717, 1.165) is 16.3 Å². The summed E-state index contributed by atoms with van der Waals surface area (Å²) < 4.78 is 1.75. The van der Waals surface area contributed by atoms with E-state index in [1.54, 1.807) is 28.7 Å². The van der Waals surface area contributed by atoms with Gasteiger partial charge in [-0.2, -0.15) is 0 Å². The average molecular weight is 378 g/mol. The molecule has 0 fully saturated rings. The Morgan fingerprint density at radius 2 is 1.75 bits per heavy atom. The third kappa shape index (κ3) is 2.72. The second kappa shape index (κ2) is 6.52. The highest BCUT2D eigenvalue weighted by Gasteiger charge is 2.40. The van der Waals surface area contributed by atoms with Crippen LogP contribution in [0.25, 0.3) is 5.78 Å². The van der Waals surface area contributed by atoms with Gasteiger partial charge >= 0.3 is 0 Å². The molecule has 3 aromatic rings. The lowest BCUT2D eigenvalue weighted by Gasteiger charge is -2.21. The van der Waals surface area contributed by atoms with Crippen molar-refractivity contribution in [3.8, 4) is 0 Å². The van der Waals surface area contributed by atoms with Crippen molar-refractivity contribution in [2.45, 2.75) is 33.4 Å². The third-order valence-corrected chi connectivity index (χ3v) is 4.77. The fraction of sp³-hybridized carbons (Fsp3) is 0.263. The van der Waals surface area contributed by atoms with E-state index in [-0.39, 0.29) is 6.54 Å². The zero-order valence-corrected chi connectivity index (χ0v) is 15.6. The Morgan fingerprint density at radius 1 is 1.11 bits per heavy atom. The maximum absolute atomic E-state index is 12.6. The molecule has 9 nitrogen and oxygen atoms in total. The highest BCUT2D eigenvalue weighted by molar-refractivity contribution is 6.22. The van der Waals surface area contributed by atoms with Crippen molar-refractivity contribution in [3.63, 3.8) is 0 Å². The topological polar surface area (TPSA) is 110 Å². The lowest BCUT2D eigenvalue weighted by atomic mass is 10.1. The number of hydrogen-bond acceptors (Lipinski definition) is 6. The number of aryl methyl sites for hydroxylation is 2. The van der Waals surface area contributed by atoms with Crippen LogP contribution in [-0.2, 0) is 11.3 Å². The van der Waals surface area contributed by atoms with E-state index in [1.165, 1.54) is 6.92 Å². The molecule has 9 heteroatoms. The number of carbonyl (C=O) groups is 3. The van der Waals surface area contributed by atoms with Crippen molar-refractivity contribution in [1.29, 1.82) is 0 Å². The summed E-state index contributed by atoms with van der Waals surface area (Å²) in [6.45, 7) is 5.39. The molecule has 1 aromatic carbocycles. The summed E-state index contributed by atoms with van der Waals surface area (Å²) in [5.41, 5.74) is 2.35. The first-order valence-electron chi connectivity index (χ1n) is 8.81. The predicted molar refractivity (Wildman–Crippen MR) is 98.5 cm³/mol. The molecule has 0 saturated carbocycles. The SMILES string of the molecule is Cc1cc(C)n2c(CNC(=O)C(C)N3C(=O)c4ccccc4C3=O)nnc2n1. The molecule has 1 N–H and O–H groups in total. The minimum Gasteiger partial charge on any atom is -0.347 e. The fourth-order valence-corrected chi connectivity index (χ4v) is 3.40. The fourth-order valence-electron chi connectivity index (χ4n) is 3.40. The average Bonchev–Trinajstić information content (AvgIpc) is 3.19. The van der Waals surface area contributed by atoms with E-state index in [9.17, 15) is 14.4 Å². The molecule has 0 bridgehead atoms. The Morgan fingerprint density at radius 3 is 2.39 bits per heavy atom. The molecule has 0 saturated heterocycles. The van der Waals surface area contributed by atoms with Gasteiger partial charge in [-0.05, 0) is 39.0 Å². The quantitative estimate of drug-likeness (QED) is 0.680. The van der Waals surface area contributed by atoms with Gasteiger partial charge < -0.3 is 5.32 Å². The van der Waals surface area contributed by atoms with Crippen LogP contribution in [0.4, 0.5) is 0 Å². The lowest BCUT2D eigenvalue weighted by molar-refractivity contribution is -0.124. The normalized spacial score (nSPS) is 14.5. The molecule has 4 rings (SSSR count). The number of nitrogens with zero attached hydrogens (tertiary/aromatic N) is 5. The zero-order chi connectivity index (χ0) is 20.0. The molecule has 0 spiro atoms. The van der Waals surface area contributed by atoms with Crippen LogP contribution in [0.15, 0.2) is 30.3 Å². The first kappa shape index (κ1) is 17.8. The number of aromatic nitrogens is 4. The molecule has 1 aliphatic rings. The number of hydrogen-bond donors (Lipinski definition) is 1. The van der Waals surface area contributed by atoms with E-state index >= 15 is 0 Å². The van der Waals surface area contributed by atoms with Crippen LogP contribution in [0.5, 0.6) is 0 Å². The second-order valence-corrected chi connectivity index (χ2v) is 6.71. The Labute approximate surface area is 160 Å². The summed E-state index contributed by atoms with van der Waals surface area (Å²) in [4.78, 5) is 43.0. The van der Waals surface area contributed by atoms with E-state index in [1.807, 2.05) is 19.9 Å². The summed E-state index contributed by atoms with van der Waals surface area (Å²) in [6.07, 6.45) is 0. The standard InChI is InChI=1S/C19H18N6O3/c1-10-8-11(2)24-15(22-23-19(24)21-10)9-20-16(26)12(3)25-17(27)13-6-4-5-7-14(13)18(25)28/h4-8,12H,9H2,1-3H3,(H,20,26). The highest BCUT2D eigenvalue weighted by Crippen LogP contribution is 2.24. The Bertz CT molecular complexity index is 1100. The summed E-state index contributed by atoms with van der Waals surface area (Å²) in [5, 5.41) is 10.8. The van der Waals surface area contributed by atoms with Gasteiger partial charge in [0.2, 0.25) is 5.91 Å². The molecule has 3 heterocycles. The third-order valence-electron chi connectivity index (χ3n) is 4.77. The Balaban J connectivity index is 1.51. The molecule has 1 aliphatic heterocycles. The highest BCUT2D eigenvalue weighted by atomic mass is 16.2. The molecular formula is C19H18N6O3. The molecular weight excluding hydrogens is 360 g/mol. The predicted octanol–water partition coefficient (Wildman–Crippen LogP) is 1.04. The van der Waals surface area contributed by atoms with Gasteiger partial charge in [0, 0.05) is 11.4 Å². The number of amides is 3. The number of benzene rings is 1. The number of nitrogens with one attached hydrogen (secondary N) is 1. The minimum atomic E-state index is -0.951. The van der Waals surface area contributed by atoms with E-state index < -0.39 is 23.8 Å².